The molecule has 1 unspecified atom stereocenters. The highest BCUT2D eigenvalue weighted by atomic mass is 16.6. The first kappa shape index (κ1) is 54.9. The van der Waals surface area contributed by atoms with Gasteiger partial charge in [0.2, 0.25) is 0 Å². The number of carbonyl (C=O) groups excluding carboxylic acids is 3. The summed E-state index contributed by atoms with van der Waals surface area (Å²) >= 11 is 0. The average Bonchev–Trinajstić information content (AvgIpc) is 3.22. The molecule has 0 saturated heterocycles. The lowest BCUT2D eigenvalue weighted by Crippen LogP contribution is -2.30. The summed E-state index contributed by atoms with van der Waals surface area (Å²) in [5.41, 5.74) is 0. The van der Waals surface area contributed by atoms with E-state index in [1.165, 1.54) is 70.6 Å². The Balaban J connectivity index is 4.37. The van der Waals surface area contributed by atoms with Gasteiger partial charge in [0, 0.05) is 19.3 Å². The molecule has 0 aromatic carbocycles. The Morgan fingerprint density at radius 3 is 1.22 bits per heavy atom. The van der Waals surface area contributed by atoms with Gasteiger partial charge in [-0.2, -0.15) is 0 Å². The largest absolute Gasteiger partial charge is 0.462 e. The van der Waals surface area contributed by atoms with Gasteiger partial charge in [-0.25, -0.2) is 0 Å². The van der Waals surface area contributed by atoms with Crippen LogP contribution in [0.25, 0.3) is 0 Å². The van der Waals surface area contributed by atoms with Crippen molar-refractivity contribution < 1.29 is 28.6 Å². The van der Waals surface area contributed by atoms with Crippen LogP contribution in [0.4, 0.5) is 0 Å². The van der Waals surface area contributed by atoms with Crippen LogP contribution in [-0.4, -0.2) is 37.2 Å². The predicted octanol–water partition coefficient (Wildman–Crippen LogP) is 15.5. The molecule has 0 bridgehead atoms. The van der Waals surface area contributed by atoms with Crippen molar-refractivity contribution in [1.82, 2.24) is 0 Å². The highest BCUT2D eigenvalue weighted by molar-refractivity contribution is 5.71. The Morgan fingerprint density at radius 2 is 0.741 bits per heavy atom. The van der Waals surface area contributed by atoms with E-state index in [2.05, 4.69) is 93.7 Å². The number of rotatable bonds is 42. The third-order valence-electron chi connectivity index (χ3n) is 9.97. The maximum Gasteiger partial charge on any atom is 0.306 e. The van der Waals surface area contributed by atoms with Crippen LogP contribution in [0, 0.1) is 0 Å². The molecule has 0 heterocycles. The van der Waals surface area contributed by atoms with E-state index in [1.54, 1.807) is 0 Å². The van der Waals surface area contributed by atoms with Gasteiger partial charge in [-0.1, -0.05) is 196 Å². The number of carbonyl (C=O) groups is 3. The Morgan fingerprint density at radius 1 is 0.379 bits per heavy atom. The summed E-state index contributed by atoms with van der Waals surface area (Å²) in [6, 6.07) is 0. The number of hydrogen-bond acceptors (Lipinski definition) is 6. The molecule has 6 heteroatoms. The molecule has 0 fully saturated rings. The predicted molar refractivity (Wildman–Crippen MR) is 247 cm³/mol. The minimum atomic E-state index is -0.791. The number of hydrogen-bond donors (Lipinski definition) is 0. The molecular formula is C52H88O6. The van der Waals surface area contributed by atoms with Crippen LogP contribution >= 0.6 is 0 Å². The quantitative estimate of drug-likeness (QED) is 0.0201. The lowest BCUT2D eigenvalue weighted by Gasteiger charge is -2.18. The van der Waals surface area contributed by atoms with Crippen molar-refractivity contribution in [3.05, 3.63) is 72.9 Å². The van der Waals surface area contributed by atoms with Crippen LogP contribution in [0.3, 0.4) is 0 Å². The molecule has 0 aromatic heterocycles. The summed E-state index contributed by atoms with van der Waals surface area (Å²) in [6.07, 6.45) is 57.4. The summed E-state index contributed by atoms with van der Waals surface area (Å²) in [5.74, 6) is -0.938. The van der Waals surface area contributed by atoms with E-state index >= 15 is 0 Å². The summed E-state index contributed by atoms with van der Waals surface area (Å²) in [4.78, 5) is 37.8. The molecule has 0 N–H and O–H groups in total. The molecule has 0 aromatic rings. The lowest BCUT2D eigenvalue weighted by molar-refractivity contribution is -0.167. The zero-order valence-electron chi connectivity index (χ0n) is 37.8. The van der Waals surface area contributed by atoms with Crippen LogP contribution in [0.1, 0.15) is 220 Å². The van der Waals surface area contributed by atoms with Gasteiger partial charge in [0.05, 0.1) is 0 Å². The fraction of sp³-hybridized carbons (Fsp3) is 0.712. The Hall–Kier alpha value is -3.15. The Kier molecular flexibility index (Phi) is 44.0. The van der Waals surface area contributed by atoms with E-state index in [0.29, 0.717) is 19.3 Å². The van der Waals surface area contributed by atoms with Crippen molar-refractivity contribution in [2.45, 2.75) is 226 Å². The van der Waals surface area contributed by atoms with E-state index < -0.39 is 6.10 Å². The smallest absolute Gasteiger partial charge is 0.306 e. The topological polar surface area (TPSA) is 78.9 Å². The number of ether oxygens (including phenoxy) is 3. The van der Waals surface area contributed by atoms with Crippen molar-refractivity contribution in [2.24, 2.45) is 0 Å². The normalized spacial score (nSPS) is 12.7. The maximum atomic E-state index is 12.7. The second-order valence-corrected chi connectivity index (χ2v) is 15.7. The van der Waals surface area contributed by atoms with Gasteiger partial charge in [-0.3, -0.25) is 14.4 Å². The monoisotopic (exact) mass is 809 g/mol. The van der Waals surface area contributed by atoms with E-state index in [-0.39, 0.29) is 31.1 Å². The van der Waals surface area contributed by atoms with E-state index in [0.717, 1.165) is 109 Å². The van der Waals surface area contributed by atoms with Crippen LogP contribution < -0.4 is 0 Å². The van der Waals surface area contributed by atoms with Gasteiger partial charge < -0.3 is 14.2 Å². The van der Waals surface area contributed by atoms with E-state index in [1.807, 2.05) is 0 Å². The summed E-state index contributed by atoms with van der Waals surface area (Å²) < 4.78 is 16.7. The van der Waals surface area contributed by atoms with Crippen LogP contribution in [0.2, 0.25) is 0 Å². The third kappa shape index (κ3) is 44.0. The van der Waals surface area contributed by atoms with Gasteiger partial charge in [-0.05, 0) is 77.0 Å². The van der Waals surface area contributed by atoms with Gasteiger partial charge in [0.15, 0.2) is 6.10 Å². The molecular weight excluding hydrogens is 721 g/mol. The molecule has 0 radical (unpaired) electrons. The Bertz CT molecular complexity index is 1110. The zero-order valence-corrected chi connectivity index (χ0v) is 37.8. The SMILES string of the molecule is CC/C=C\C/C=C\C/C=C\C/C=C\CCCCCCCCC(=O)OCC(COC(=O)CCCCCCCCCCCC)OC(=O)CCCCC/C=C\C=C/CCCC. The van der Waals surface area contributed by atoms with E-state index in [4.69, 9.17) is 14.2 Å². The molecule has 0 amide bonds. The Labute approximate surface area is 357 Å². The molecule has 0 spiro atoms. The first-order valence-corrected chi connectivity index (χ1v) is 24.0. The highest BCUT2D eigenvalue weighted by Gasteiger charge is 2.19. The lowest BCUT2D eigenvalue weighted by atomic mass is 10.1. The van der Waals surface area contributed by atoms with Crippen LogP contribution in [-0.2, 0) is 28.6 Å². The minimum absolute atomic E-state index is 0.0902. The minimum Gasteiger partial charge on any atom is -0.462 e. The fourth-order valence-corrected chi connectivity index (χ4v) is 6.35. The number of allylic oxidation sites excluding steroid dienone is 12. The van der Waals surface area contributed by atoms with Crippen molar-refractivity contribution in [3.63, 3.8) is 0 Å². The first-order valence-electron chi connectivity index (χ1n) is 24.0. The molecule has 6 nitrogen and oxygen atoms in total. The van der Waals surface area contributed by atoms with Gasteiger partial charge in [-0.15, -0.1) is 0 Å². The van der Waals surface area contributed by atoms with Crippen molar-refractivity contribution >= 4 is 17.9 Å². The molecule has 0 aliphatic heterocycles. The molecule has 0 rings (SSSR count). The maximum absolute atomic E-state index is 12.7. The van der Waals surface area contributed by atoms with Gasteiger partial charge in [0.1, 0.15) is 13.2 Å². The first-order chi connectivity index (χ1) is 28.5. The van der Waals surface area contributed by atoms with Crippen LogP contribution in [0.5, 0.6) is 0 Å². The van der Waals surface area contributed by atoms with Gasteiger partial charge in [0.25, 0.3) is 0 Å². The molecule has 1 atom stereocenters. The second-order valence-electron chi connectivity index (χ2n) is 15.7. The van der Waals surface area contributed by atoms with Crippen molar-refractivity contribution in [3.8, 4) is 0 Å². The summed E-state index contributed by atoms with van der Waals surface area (Å²) in [5, 5.41) is 0. The summed E-state index contributed by atoms with van der Waals surface area (Å²) in [6.45, 7) is 6.41. The fourth-order valence-electron chi connectivity index (χ4n) is 6.35. The second kappa shape index (κ2) is 46.5. The number of esters is 3. The van der Waals surface area contributed by atoms with Crippen molar-refractivity contribution in [2.75, 3.05) is 13.2 Å². The molecule has 0 aliphatic carbocycles. The van der Waals surface area contributed by atoms with Gasteiger partial charge >= 0.3 is 17.9 Å². The van der Waals surface area contributed by atoms with Crippen LogP contribution in [0.15, 0.2) is 72.9 Å². The molecule has 0 saturated carbocycles. The van der Waals surface area contributed by atoms with Crippen molar-refractivity contribution in [1.29, 1.82) is 0 Å². The molecule has 332 valence electrons. The molecule has 0 aliphatic rings. The standard InChI is InChI=1S/C52H88O6/c1-4-7-10-13-16-19-22-23-24-25-26-27-28-29-31-33-36-39-42-45-51(54)57-48-49(47-56-50(53)44-41-38-35-32-21-18-15-12-9-6-3)58-52(55)46-43-40-37-34-30-20-17-14-11-8-5-2/h7,10,14,16-17,19-20,23-24,26-27,30,49H,4-6,8-9,11-13,15,18,21-22,25,28-29,31-48H2,1-3H3/b10-7-,17-14-,19-16-,24-23-,27-26-,30-20-. The number of unbranched alkanes of at least 4 members (excludes halogenated alkanes) is 20. The average molecular weight is 809 g/mol. The molecule has 58 heavy (non-hydrogen) atoms. The zero-order chi connectivity index (χ0) is 42.3. The highest BCUT2D eigenvalue weighted by Crippen LogP contribution is 2.14. The summed E-state index contributed by atoms with van der Waals surface area (Å²) in [7, 11) is 0. The van der Waals surface area contributed by atoms with E-state index in [9.17, 15) is 14.4 Å². The third-order valence-corrected chi connectivity index (χ3v) is 9.97.